The van der Waals surface area contributed by atoms with Gasteiger partial charge >= 0.3 is 5.97 Å². The smallest absolute Gasteiger partial charge is 0.313 e. The van der Waals surface area contributed by atoms with Crippen molar-refractivity contribution < 1.29 is 9.53 Å². The lowest BCUT2D eigenvalue weighted by molar-refractivity contribution is -0.146. The number of esters is 1. The molecule has 1 atom stereocenters. The summed E-state index contributed by atoms with van der Waals surface area (Å²) in [6.45, 7) is 7.44. The van der Waals surface area contributed by atoms with Crippen LogP contribution < -0.4 is 5.56 Å². The SMILES string of the molecule is C=CC(Cc1[nH]c(=O)cnc1C)C(=O)OCC. The summed E-state index contributed by atoms with van der Waals surface area (Å²) in [5.74, 6) is -0.805. The van der Waals surface area contributed by atoms with Crippen molar-refractivity contribution in [1.29, 1.82) is 0 Å². The average Bonchev–Trinajstić information content (AvgIpc) is 2.30. The third-order valence-corrected chi connectivity index (χ3v) is 2.38. The van der Waals surface area contributed by atoms with Gasteiger partial charge in [0.15, 0.2) is 0 Å². The van der Waals surface area contributed by atoms with Gasteiger partial charge in [0.1, 0.15) is 0 Å². The molecule has 1 N–H and O–H groups in total. The summed E-state index contributed by atoms with van der Waals surface area (Å²) >= 11 is 0. The summed E-state index contributed by atoms with van der Waals surface area (Å²) in [6, 6.07) is 0. The Morgan fingerprint density at radius 3 is 3.00 bits per heavy atom. The minimum atomic E-state index is -0.464. The zero-order chi connectivity index (χ0) is 12.8. The first-order valence-corrected chi connectivity index (χ1v) is 5.42. The van der Waals surface area contributed by atoms with E-state index in [1.807, 2.05) is 0 Å². The van der Waals surface area contributed by atoms with Gasteiger partial charge in [0, 0.05) is 12.1 Å². The third-order valence-electron chi connectivity index (χ3n) is 2.38. The molecule has 0 aliphatic rings. The number of H-pyrrole nitrogens is 1. The second-order valence-electron chi connectivity index (χ2n) is 3.61. The van der Waals surface area contributed by atoms with Crippen molar-refractivity contribution in [2.45, 2.75) is 20.3 Å². The van der Waals surface area contributed by atoms with Crippen LogP contribution in [-0.4, -0.2) is 22.5 Å². The Balaban J connectivity index is 2.87. The average molecular weight is 236 g/mol. The van der Waals surface area contributed by atoms with E-state index in [1.165, 1.54) is 12.3 Å². The number of aryl methyl sites for hydroxylation is 1. The Morgan fingerprint density at radius 2 is 2.41 bits per heavy atom. The number of hydrogen-bond donors (Lipinski definition) is 1. The van der Waals surface area contributed by atoms with Crippen molar-refractivity contribution in [2.24, 2.45) is 5.92 Å². The molecule has 0 aliphatic heterocycles. The van der Waals surface area contributed by atoms with Crippen LogP contribution in [0.15, 0.2) is 23.6 Å². The molecule has 0 fully saturated rings. The van der Waals surface area contributed by atoms with Crippen LogP contribution >= 0.6 is 0 Å². The molecule has 92 valence electrons. The molecule has 17 heavy (non-hydrogen) atoms. The minimum absolute atomic E-state index is 0.280. The predicted molar refractivity (Wildman–Crippen MR) is 63.6 cm³/mol. The van der Waals surface area contributed by atoms with E-state index in [-0.39, 0.29) is 11.5 Å². The van der Waals surface area contributed by atoms with E-state index in [0.717, 1.165) is 0 Å². The van der Waals surface area contributed by atoms with Crippen molar-refractivity contribution in [3.8, 4) is 0 Å². The Hall–Kier alpha value is -1.91. The highest BCUT2D eigenvalue weighted by Gasteiger charge is 2.18. The van der Waals surface area contributed by atoms with Gasteiger partial charge in [0.25, 0.3) is 5.56 Å². The number of nitrogens with zero attached hydrogens (tertiary/aromatic N) is 1. The molecule has 0 saturated carbocycles. The fraction of sp³-hybridized carbons (Fsp3) is 0.417. The van der Waals surface area contributed by atoms with Crippen molar-refractivity contribution in [2.75, 3.05) is 6.61 Å². The van der Waals surface area contributed by atoms with Crippen LogP contribution in [0.25, 0.3) is 0 Å². The van der Waals surface area contributed by atoms with E-state index in [9.17, 15) is 9.59 Å². The van der Waals surface area contributed by atoms with Crippen molar-refractivity contribution in [3.05, 3.63) is 40.6 Å². The molecule has 0 bridgehead atoms. The highest BCUT2D eigenvalue weighted by atomic mass is 16.5. The molecule has 0 aliphatic carbocycles. The monoisotopic (exact) mass is 236 g/mol. The van der Waals surface area contributed by atoms with Crippen molar-refractivity contribution in [1.82, 2.24) is 9.97 Å². The molecule has 1 heterocycles. The van der Waals surface area contributed by atoms with E-state index in [1.54, 1.807) is 13.8 Å². The zero-order valence-corrected chi connectivity index (χ0v) is 10.0. The highest BCUT2D eigenvalue weighted by Crippen LogP contribution is 2.10. The van der Waals surface area contributed by atoms with Gasteiger partial charge in [-0.15, -0.1) is 6.58 Å². The van der Waals surface area contributed by atoms with E-state index < -0.39 is 5.92 Å². The molecule has 0 aromatic carbocycles. The molecule has 0 spiro atoms. The van der Waals surface area contributed by atoms with Crippen molar-refractivity contribution >= 4 is 5.97 Å². The number of hydrogen-bond acceptors (Lipinski definition) is 4. The second-order valence-corrected chi connectivity index (χ2v) is 3.61. The lowest BCUT2D eigenvalue weighted by atomic mass is 10.0. The number of aromatic nitrogens is 2. The molecule has 0 amide bonds. The molecule has 5 heteroatoms. The quantitative estimate of drug-likeness (QED) is 0.611. The Kier molecular flexibility index (Phi) is 4.63. The molecule has 1 aromatic rings. The predicted octanol–water partition coefficient (Wildman–Crippen LogP) is 0.986. The van der Waals surface area contributed by atoms with Gasteiger partial charge in [-0.25, -0.2) is 0 Å². The topological polar surface area (TPSA) is 72.0 Å². The molecule has 5 nitrogen and oxygen atoms in total. The maximum absolute atomic E-state index is 11.6. The van der Waals surface area contributed by atoms with Gasteiger partial charge in [-0.05, 0) is 13.8 Å². The maximum Gasteiger partial charge on any atom is 0.313 e. The summed E-state index contributed by atoms with van der Waals surface area (Å²) in [4.78, 5) is 29.3. The normalized spacial score (nSPS) is 11.9. The number of rotatable bonds is 5. The largest absolute Gasteiger partial charge is 0.466 e. The van der Waals surface area contributed by atoms with Crippen LogP contribution in [0.4, 0.5) is 0 Å². The van der Waals surface area contributed by atoms with Gasteiger partial charge in [-0.1, -0.05) is 6.08 Å². The molecular weight excluding hydrogens is 220 g/mol. The summed E-state index contributed by atoms with van der Waals surface area (Å²) in [7, 11) is 0. The van der Waals surface area contributed by atoms with E-state index in [4.69, 9.17) is 4.74 Å². The Morgan fingerprint density at radius 1 is 1.71 bits per heavy atom. The zero-order valence-electron chi connectivity index (χ0n) is 10.0. The van der Waals surface area contributed by atoms with Crippen LogP contribution in [0.5, 0.6) is 0 Å². The first-order chi connectivity index (χ1) is 8.08. The molecule has 0 saturated heterocycles. The lowest BCUT2D eigenvalue weighted by Gasteiger charge is -2.12. The van der Waals surface area contributed by atoms with Crippen molar-refractivity contribution in [3.63, 3.8) is 0 Å². The fourth-order valence-electron chi connectivity index (χ4n) is 1.44. The standard InChI is InChI=1S/C12H16N2O3/c1-4-9(12(16)17-5-2)6-10-8(3)13-7-11(15)14-10/h4,7,9H,1,5-6H2,2-3H3,(H,14,15). The highest BCUT2D eigenvalue weighted by molar-refractivity contribution is 5.74. The Labute approximate surface area is 99.5 Å². The van der Waals surface area contributed by atoms with Crippen LogP contribution in [0.3, 0.4) is 0 Å². The summed E-state index contributed by atoms with van der Waals surface area (Å²) < 4.78 is 4.91. The Bertz CT molecular complexity index is 465. The molecule has 1 aromatic heterocycles. The van der Waals surface area contributed by atoms with Gasteiger partial charge < -0.3 is 9.72 Å². The molecule has 1 unspecified atom stereocenters. The minimum Gasteiger partial charge on any atom is -0.466 e. The van der Waals surface area contributed by atoms with Crippen LogP contribution in [-0.2, 0) is 16.0 Å². The maximum atomic E-state index is 11.6. The first kappa shape index (κ1) is 13.2. The summed E-state index contributed by atoms with van der Waals surface area (Å²) in [6.07, 6.45) is 3.08. The molecule has 0 radical (unpaired) electrons. The van der Waals surface area contributed by atoms with Gasteiger partial charge in [0.2, 0.25) is 0 Å². The van der Waals surface area contributed by atoms with Gasteiger partial charge in [-0.3, -0.25) is 14.6 Å². The molecular formula is C12H16N2O3. The number of carbonyl (C=O) groups excluding carboxylic acids is 1. The number of nitrogens with one attached hydrogen (secondary N) is 1. The summed E-state index contributed by atoms with van der Waals surface area (Å²) in [5.41, 5.74) is 1.05. The van der Waals surface area contributed by atoms with Gasteiger partial charge in [0.05, 0.1) is 24.4 Å². The number of ether oxygens (including phenoxy) is 1. The number of aromatic amines is 1. The van der Waals surface area contributed by atoms with Crippen LogP contribution in [0.2, 0.25) is 0 Å². The van der Waals surface area contributed by atoms with E-state index >= 15 is 0 Å². The van der Waals surface area contributed by atoms with Crippen LogP contribution in [0, 0.1) is 12.8 Å². The van der Waals surface area contributed by atoms with E-state index in [2.05, 4.69) is 16.5 Å². The summed E-state index contributed by atoms with van der Waals surface area (Å²) in [5, 5.41) is 0. The van der Waals surface area contributed by atoms with E-state index in [0.29, 0.717) is 24.4 Å². The third kappa shape index (κ3) is 3.55. The second kappa shape index (κ2) is 5.98. The first-order valence-electron chi connectivity index (χ1n) is 5.42. The number of carbonyl (C=O) groups is 1. The van der Waals surface area contributed by atoms with Crippen LogP contribution in [0.1, 0.15) is 18.3 Å². The van der Waals surface area contributed by atoms with Gasteiger partial charge in [-0.2, -0.15) is 0 Å². The fourth-order valence-corrected chi connectivity index (χ4v) is 1.44. The molecule has 1 rings (SSSR count). The lowest BCUT2D eigenvalue weighted by Crippen LogP contribution is -2.21.